The van der Waals surface area contributed by atoms with Crippen LogP contribution >= 0.6 is 11.6 Å². The van der Waals surface area contributed by atoms with E-state index < -0.39 is 11.9 Å². The van der Waals surface area contributed by atoms with Gasteiger partial charge < -0.3 is 10.1 Å². The molecule has 0 radical (unpaired) electrons. The van der Waals surface area contributed by atoms with E-state index in [9.17, 15) is 9.59 Å². The summed E-state index contributed by atoms with van der Waals surface area (Å²) in [6.07, 6.45) is 0. The Balaban J connectivity index is 2.74. The standard InChI is InChI=1S/C9H12ClN3O3/c1-5-7(10)8(12-13(5)2)9(15)11-4-6(14)16-3/h4H2,1-3H3,(H,11,15). The molecule has 1 heterocycles. The van der Waals surface area contributed by atoms with E-state index in [1.54, 1.807) is 14.0 Å². The van der Waals surface area contributed by atoms with Crippen molar-refractivity contribution in [3.05, 3.63) is 16.4 Å². The first-order valence-corrected chi connectivity index (χ1v) is 4.89. The molecule has 0 fully saturated rings. The second kappa shape index (κ2) is 4.98. The van der Waals surface area contributed by atoms with Crippen molar-refractivity contribution in [2.24, 2.45) is 7.05 Å². The highest BCUT2D eigenvalue weighted by atomic mass is 35.5. The van der Waals surface area contributed by atoms with Crippen molar-refractivity contribution in [2.45, 2.75) is 6.92 Å². The van der Waals surface area contributed by atoms with Gasteiger partial charge in [-0.15, -0.1) is 0 Å². The molecule has 0 unspecified atom stereocenters. The summed E-state index contributed by atoms with van der Waals surface area (Å²) >= 11 is 5.90. The molecular formula is C9H12ClN3O3. The smallest absolute Gasteiger partial charge is 0.325 e. The van der Waals surface area contributed by atoms with Crippen LogP contribution in [0.5, 0.6) is 0 Å². The molecule has 0 aromatic carbocycles. The minimum atomic E-state index is -0.530. The highest BCUT2D eigenvalue weighted by Crippen LogP contribution is 2.18. The van der Waals surface area contributed by atoms with Gasteiger partial charge in [-0.1, -0.05) is 11.6 Å². The van der Waals surface area contributed by atoms with E-state index in [-0.39, 0.29) is 17.3 Å². The lowest BCUT2D eigenvalue weighted by Gasteiger charge is -2.01. The number of aromatic nitrogens is 2. The number of hydrogen-bond acceptors (Lipinski definition) is 4. The molecule has 0 aliphatic rings. The summed E-state index contributed by atoms with van der Waals surface area (Å²) < 4.78 is 5.88. The van der Waals surface area contributed by atoms with Gasteiger partial charge in [-0.05, 0) is 6.92 Å². The Labute approximate surface area is 97.5 Å². The molecule has 1 N–H and O–H groups in total. The minimum absolute atomic E-state index is 0.102. The van der Waals surface area contributed by atoms with Crippen molar-refractivity contribution in [1.82, 2.24) is 15.1 Å². The number of carbonyl (C=O) groups excluding carboxylic acids is 2. The Kier molecular flexibility index (Phi) is 3.89. The van der Waals surface area contributed by atoms with Crippen molar-refractivity contribution in [3.8, 4) is 0 Å². The maximum Gasteiger partial charge on any atom is 0.325 e. The van der Waals surface area contributed by atoms with E-state index in [0.717, 1.165) is 0 Å². The number of aryl methyl sites for hydroxylation is 1. The van der Waals surface area contributed by atoms with Gasteiger partial charge in [0, 0.05) is 7.05 Å². The van der Waals surface area contributed by atoms with Gasteiger partial charge in [-0.3, -0.25) is 14.3 Å². The number of carbonyl (C=O) groups is 2. The number of hydrogen-bond donors (Lipinski definition) is 1. The van der Waals surface area contributed by atoms with Crippen LogP contribution in [0.15, 0.2) is 0 Å². The van der Waals surface area contributed by atoms with Crippen LogP contribution in [0.25, 0.3) is 0 Å². The molecule has 6 nitrogen and oxygen atoms in total. The van der Waals surface area contributed by atoms with Gasteiger partial charge in [0.2, 0.25) is 0 Å². The average Bonchev–Trinajstić information content (AvgIpc) is 2.53. The molecule has 0 saturated carbocycles. The number of nitrogens with zero attached hydrogens (tertiary/aromatic N) is 2. The van der Waals surface area contributed by atoms with Gasteiger partial charge in [0.1, 0.15) is 6.54 Å². The Morgan fingerprint density at radius 1 is 1.56 bits per heavy atom. The number of methoxy groups -OCH3 is 1. The van der Waals surface area contributed by atoms with Crippen LogP contribution in [0.2, 0.25) is 5.02 Å². The minimum Gasteiger partial charge on any atom is -0.468 e. The third-order valence-corrected chi connectivity index (χ3v) is 2.55. The predicted octanol–water partition coefficient (Wildman–Crippen LogP) is 0.285. The SMILES string of the molecule is COC(=O)CNC(=O)c1nn(C)c(C)c1Cl. The molecule has 16 heavy (non-hydrogen) atoms. The van der Waals surface area contributed by atoms with Crippen molar-refractivity contribution >= 4 is 23.5 Å². The van der Waals surface area contributed by atoms with Crippen LogP contribution in [0, 0.1) is 6.92 Å². The molecule has 0 saturated heterocycles. The summed E-state index contributed by atoms with van der Waals surface area (Å²) in [5.41, 5.74) is 0.787. The van der Waals surface area contributed by atoms with Gasteiger partial charge in [0.15, 0.2) is 5.69 Å². The number of ether oxygens (including phenoxy) is 1. The fraction of sp³-hybridized carbons (Fsp3) is 0.444. The normalized spacial score (nSPS) is 10.0. The summed E-state index contributed by atoms with van der Waals surface area (Å²) in [7, 11) is 2.92. The fourth-order valence-corrected chi connectivity index (χ4v) is 1.28. The highest BCUT2D eigenvalue weighted by Gasteiger charge is 2.18. The van der Waals surface area contributed by atoms with Crippen molar-refractivity contribution in [2.75, 3.05) is 13.7 Å². The largest absolute Gasteiger partial charge is 0.468 e. The quantitative estimate of drug-likeness (QED) is 0.777. The molecule has 0 atom stereocenters. The summed E-state index contributed by atoms with van der Waals surface area (Å²) in [6, 6.07) is 0. The Hall–Kier alpha value is -1.56. The summed E-state index contributed by atoms with van der Waals surface area (Å²) in [6.45, 7) is 1.54. The molecule has 1 rings (SSSR count). The third-order valence-electron chi connectivity index (χ3n) is 2.10. The first-order valence-electron chi connectivity index (χ1n) is 4.51. The number of halogens is 1. The molecule has 1 amide bonds. The van der Waals surface area contributed by atoms with E-state index in [2.05, 4.69) is 15.2 Å². The molecule has 0 aliphatic carbocycles. The van der Waals surface area contributed by atoms with Gasteiger partial charge in [0.05, 0.1) is 17.8 Å². The lowest BCUT2D eigenvalue weighted by molar-refractivity contribution is -0.139. The first kappa shape index (κ1) is 12.5. The average molecular weight is 246 g/mol. The van der Waals surface area contributed by atoms with Crippen LogP contribution in [-0.2, 0) is 16.6 Å². The van der Waals surface area contributed by atoms with Crippen LogP contribution in [-0.4, -0.2) is 35.3 Å². The zero-order valence-electron chi connectivity index (χ0n) is 9.20. The molecule has 7 heteroatoms. The second-order valence-corrected chi connectivity index (χ2v) is 3.51. The van der Waals surface area contributed by atoms with Crippen molar-refractivity contribution < 1.29 is 14.3 Å². The fourth-order valence-electron chi connectivity index (χ4n) is 1.04. The van der Waals surface area contributed by atoms with Gasteiger partial charge in [-0.25, -0.2) is 0 Å². The lowest BCUT2D eigenvalue weighted by atomic mass is 10.3. The predicted molar refractivity (Wildman–Crippen MR) is 57.3 cm³/mol. The number of amides is 1. The monoisotopic (exact) mass is 245 g/mol. The molecule has 1 aromatic heterocycles. The maximum atomic E-state index is 11.6. The van der Waals surface area contributed by atoms with Crippen LogP contribution < -0.4 is 5.32 Å². The first-order chi connectivity index (χ1) is 7.47. The lowest BCUT2D eigenvalue weighted by Crippen LogP contribution is -2.30. The summed E-state index contributed by atoms with van der Waals surface area (Å²) in [5, 5.41) is 6.57. The van der Waals surface area contributed by atoms with E-state index in [0.29, 0.717) is 5.69 Å². The zero-order valence-corrected chi connectivity index (χ0v) is 9.96. The molecular weight excluding hydrogens is 234 g/mol. The van der Waals surface area contributed by atoms with Gasteiger partial charge in [0.25, 0.3) is 5.91 Å². The molecule has 88 valence electrons. The van der Waals surface area contributed by atoms with Crippen molar-refractivity contribution in [1.29, 1.82) is 0 Å². The third kappa shape index (κ3) is 2.52. The zero-order chi connectivity index (χ0) is 12.3. The number of esters is 1. The van der Waals surface area contributed by atoms with Gasteiger partial charge in [-0.2, -0.15) is 5.10 Å². The molecule has 0 spiro atoms. The number of nitrogens with one attached hydrogen (secondary N) is 1. The van der Waals surface area contributed by atoms with E-state index in [1.807, 2.05) is 0 Å². The van der Waals surface area contributed by atoms with Gasteiger partial charge >= 0.3 is 5.97 Å². The molecule has 0 bridgehead atoms. The Morgan fingerprint density at radius 2 is 2.19 bits per heavy atom. The van der Waals surface area contributed by atoms with E-state index >= 15 is 0 Å². The Bertz CT molecular complexity index is 428. The molecule has 0 aliphatic heterocycles. The van der Waals surface area contributed by atoms with E-state index in [1.165, 1.54) is 11.8 Å². The van der Waals surface area contributed by atoms with Crippen LogP contribution in [0.1, 0.15) is 16.2 Å². The summed E-state index contributed by atoms with van der Waals surface area (Å²) in [4.78, 5) is 22.4. The van der Waals surface area contributed by atoms with Crippen LogP contribution in [0.4, 0.5) is 0 Å². The van der Waals surface area contributed by atoms with Crippen LogP contribution in [0.3, 0.4) is 0 Å². The Morgan fingerprint density at radius 3 is 2.62 bits per heavy atom. The number of rotatable bonds is 3. The van der Waals surface area contributed by atoms with Crippen molar-refractivity contribution in [3.63, 3.8) is 0 Å². The second-order valence-electron chi connectivity index (χ2n) is 3.13. The highest BCUT2D eigenvalue weighted by molar-refractivity contribution is 6.34. The summed E-state index contributed by atoms with van der Waals surface area (Å²) in [5.74, 6) is -1.03. The van der Waals surface area contributed by atoms with E-state index in [4.69, 9.17) is 11.6 Å². The topological polar surface area (TPSA) is 73.2 Å². The molecule has 1 aromatic rings. The maximum absolute atomic E-state index is 11.6.